The Bertz CT molecular complexity index is 1390. The smallest absolute Gasteiger partial charge is 0.259 e. The number of ether oxygens (including phenoxy) is 4. The highest BCUT2D eigenvalue weighted by Gasteiger charge is 2.17. The van der Waals surface area contributed by atoms with Crippen molar-refractivity contribution in [1.82, 2.24) is 10.7 Å². The number of amides is 2. The number of carbonyl (C=O) groups excluding carboxylic acids is 2. The van der Waals surface area contributed by atoms with Gasteiger partial charge in [-0.15, -0.1) is 0 Å². The van der Waals surface area contributed by atoms with Crippen molar-refractivity contribution in [2.24, 2.45) is 5.10 Å². The first-order valence-electron chi connectivity index (χ1n) is 11.4. The fraction of sp³-hybridized carbons (Fsp3) is 0.192. The highest BCUT2D eigenvalue weighted by molar-refractivity contribution is 9.10. The monoisotopic (exact) mass is 621 g/mol. The quantitative estimate of drug-likeness (QED) is 0.233. The van der Waals surface area contributed by atoms with Gasteiger partial charge in [-0.1, -0.05) is 29.3 Å². The number of hydrogen-bond acceptors (Lipinski definition) is 7. The number of carbonyl (C=O) groups is 2. The minimum absolute atomic E-state index is 0.109. The predicted octanol–water partition coefficient (Wildman–Crippen LogP) is 5.34. The van der Waals surface area contributed by atoms with Gasteiger partial charge in [0.25, 0.3) is 11.8 Å². The highest BCUT2D eigenvalue weighted by Crippen LogP contribution is 2.37. The van der Waals surface area contributed by atoms with Gasteiger partial charge in [-0.05, 0) is 70.9 Å². The molecule has 2 N–H and O–H groups in total. The molecule has 1 aliphatic heterocycles. The molecule has 1 aliphatic rings. The van der Waals surface area contributed by atoms with Crippen LogP contribution in [0.2, 0.25) is 10.0 Å². The van der Waals surface area contributed by atoms with Crippen LogP contribution in [0.4, 0.5) is 0 Å². The van der Waals surface area contributed by atoms with Crippen molar-refractivity contribution in [3.63, 3.8) is 0 Å². The second kappa shape index (κ2) is 12.9. The summed E-state index contributed by atoms with van der Waals surface area (Å²) in [5.74, 6) is 1.09. The van der Waals surface area contributed by atoms with Crippen LogP contribution >= 0.6 is 39.1 Å². The number of benzene rings is 3. The Balaban J connectivity index is 1.33. The fourth-order valence-electron chi connectivity index (χ4n) is 3.37. The molecular weight excluding hydrogens is 601 g/mol. The molecule has 2 amide bonds. The standard InChI is InChI=1S/C26H22BrCl2N3O6/c1-2-35-23-8-15(7-19(27)25(23)36-13-17-3-5-18(28)10-20(17)29)11-31-32-24(33)12-30-26(34)16-4-6-21-22(9-16)38-14-37-21/h3-11H,2,12-14H2,1H3,(H,30,34)(H,32,33). The summed E-state index contributed by atoms with van der Waals surface area (Å²) in [4.78, 5) is 24.5. The molecule has 0 unspecified atom stereocenters. The summed E-state index contributed by atoms with van der Waals surface area (Å²) in [6.45, 7) is 2.31. The number of hydrogen-bond donors (Lipinski definition) is 2. The van der Waals surface area contributed by atoms with Gasteiger partial charge in [0.1, 0.15) is 6.61 Å². The molecule has 4 rings (SSSR count). The summed E-state index contributed by atoms with van der Waals surface area (Å²) in [6.07, 6.45) is 1.45. The molecule has 0 radical (unpaired) electrons. The van der Waals surface area contributed by atoms with Crippen LogP contribution in [0.25, 0.3) is 0 Å². The number of halogens is 3. The summed E-state index contributed by atoms with van der Waals surface area (Å²) < 4.78 is 22.8. The normalized spacial score (nSPS) is 11.9. The zero-order chi connectivity index (χ0) is 27.1. The number of nitrogens with one attached hydrogen (secondary N) is 2. The number of rotatable bonds is 10. The minimum Gasteiger partial charge on any atom is -0.490 e. The first-order valence-corrected chi connectivity index (χ1v) is 12.9. The van der Waals surface area contributed by atoms with E-state index in [0.29, 0.717) is 55.2 Å². The lowest BCUT2D eigenvalue weighted by molar-refractivity contribution is -0.120. The Morgan fingerprint density at radius 2 is 1.89 bits per heavy atom. The van der Waals surface area contributed by atoms with Gasteiger partial charge in [0.2, 0.25) is 6.79 Å². The largest absolute Gasteiger partial charge is 0.490 e. The van der Waals surface area contributed by atoms with E-state index in [9.17, 15) is 9.59 Å². The van der Waals surface area contributed by atoms with Crippen molar-refractivity contribution in [3.8, 4) is 23.0 Å². The van der Waals surface area contributed by atoms with Crippen molar-refractivity contribution in [3.05, 3.63) is 79.7 Å². The van der Waals surface area contributed by atoms with E-state index in [4.69, 9.17) is 42.1 Å². The van der Waals surface area contributed by atoms with Crippen LogP contribution in [0, 0.1) is 0 Å². The molecule has 0 bridgehead atoms. The third-order valence-electron chi connectivity index (χ3n) is 5.17. The Labute approximate surface area is 237 Å². The summed E-state index contributed by atoms with van der Waals surface area (Å²) in [5, 5.41) is 7.54. The van der Waals surface area contributed by atoms with E-state index in [1.807, 2.05) is 6.92 Å². The van der Waals surface area contributed by atoms with Crippen LogP contribution in [-0.2, 0) is 11.4 Å². The van der Waals surface area contributed by atoms with Crippen LogP contribution in [0.1, 0.15) is 28.4 Å². The molecule has 0 aromatic heterocycles. The van der Waals surface area contributed by atoms with E-state index in [-0.39, 0.29) is 19.9 Å². The number of hydrazone groups is 1. The average molecular weight is 623 g/mol. The zero-order valence-corrected chi connectivity index (χ0v) is 23.2. The fourth-order valence-corrected chi connectivity index (χ4v) is 4.41. The van der Waals surface area contributed by atoms with Gasteiger partial charge in [-0.3, -0.25) is 9.59 Å². The first kappa shape index (κ1) is 27.6. The van der Waals surface area contributed by atoms with Crippen LogP contribution in [0.15, 0.2) is 58.1 Å². The molecule has 3 aromatic rings. The van der Waals surface area contributed by atoms with E-state index in [2.05, 4.69) is 31.8 Å². The van der Waals surface area contributed by atoms with Gasteiger partial charge in [0, 0.05) is 21.2 Å². The third-order valence-corrected chi connectivity index (χ3v) is 6.34. The third kappa shape index (κ3) is 7.09. The van der Waals surface area contributed by atoms with Crippen LogP contribution in [0.5, 0.6) is 23.0 Å². The van der Waals surface area contributed by atoms with Crippen molar-refractivity contribution in [1.29, 1.82) is 0 Å². The van der Waals surface area contributed by atoms with Gasteiger partial charge in [0.05, 0.1) is 23.8 Å². The Hall–Kier alpha value is -3.47. The van der Waals surface area contributed by atoms with Gasteiger partial charge in [-0.25, -0.2) is 5.43 Å². The number of nitrogens with zero attached hydrogens (tertiary/aromatic N) is 1. The maximum Gasteiger partial charge on any atom is 0.259 e. The Morgan fingerprint density at radius 3 is 2.68 bits per heavy atom. The predicted molar refractivity (Wildman–Crippen MR) is 147 cm³/mol. The lowest BCUT2D eigenvalue weighted by atomic mass is 10.2. The van der Waals surface area contributed by atoms with Crippen LogP contribution < -0.4 is 29.7 Å². The second-order valence-electron chi connectivity index (χ2n) is 7.83. The summed E-state index contributed by atoms with van der Waals surface area (Å²) in [7, 11) is 0. The lowest BCUT2D eigenvalue weighted by Crippen LogP contribution is -2.34. The maximum atomic E-state index is 12.3. The second-order valence-corrected chi connectivity index (χ2v) is 9.53. The van der Waals surface area contributed by atoms with E-state index >= 15 is 0 Å². The molecule has 1 heterocycles. The van der Waals surface area contributed by atoms with Crippen molar-refractivity contribution < 1.29 is 28.5 Å². The minimum atomic E-state index is -0.501. The summed E-state index contributed by atoms with van der Waals surface area (Å²) in [6, 6.07) is 13.4. The lowest BCUT2D eigenvalue weighted by Gasteiger charge is -2.15. The zero-order valence-electron chi connectivity index (χ0n) is 20.1. The van der Waals surface area contributed by atoms with Gasteiger partial charge in [0.15, 0.2) is 23.0 Å². The molecule has 0 saturated heterocycles. The highest BCUT2D eigenvalue weighted by atomic mass is 79.9. The van der Waals surface area contributed by atoms with Crippen LogP contribution in [0.3, 0.4) is 0 Å². The van der Waals surface area contributed by atoms with Crippen molar-refractivity contribution in [2.45, 2.75) is 13.5 Å². The van der Waals surface area contributed by atoms with Gasteiger partial charge < -0.3 is 24.3 Å². The molecule has 9 nitrogen and oxygen atoms in total. The molecule has 0 fully saturated rings. The summed E-state index contributed by atoms with van der Waals surface area (Å²) in [5.41, 5.74) is 4.14. The van der Waals surface area contributed by atoms with Crippen LogP contribution in [-0.4, -0.2) is 38.0 Å². The van der Waals surface area contributed by atoms with Gasteiger partial charge in [-0.2, -0.15) is 5.10 Å². The molecule has 0 saturated carbocycles. The molecule has 0 spiro atoms. The number of fused-ring (bicyclic) bond motifs is 1. The summed E-state index contributed by atoms with van der Waals surface area (Å²) >= 11 is 15.7. The molecule has 12 heteroatoms. The van der Waals surface area contributed by atoms with Crippen molar-refractivity contribution in [2.75, 3.05) is 19.9 Å². The van der Waals surface area contributed by atoms with E-state index < -0.39 is 11.8 Å². The topological polar surface area (TPSA) is 107 Å². The first-order chi connectivity index (χ1) is 18.3. The Kier molecular flexibility index (Phi) is 9.33. The van der Waals surface area contributed by atoms with Crippen molar-refractivity contribution >= 4 is 57.2 Å². The average Bonchev–Trinajstić information content (AvgIpc) is 3.36. The molecule has 198 valence electrons. The SMILES string of the molecule is CCOc1cc(C=NNC(=O)CNC(=O)c2ccc3c(c2)OCO3)cc(Br)c1OCc1ccc(Cl)cc1Cl. The maximum absolute atomic E-state index is 12.3. The molecule has 38 heavy (non-hydrogen) atoms. The molecule has 3 aromatic carbocycles. The molecule has 0 atom stereocenters. The van der Waals surface area contributed by atoms with E-state index in [0.717, 1.165) is 5.56 Å². The molecule has 0 aliphatic carbocycles. The Morgan fingerprint density at radius 1 is 1.08 bits per heavy atom. The van der Waals surface area contributed by atoms with E-state index in [1.165, 1.54) is 6.21 Å². The molecular formula is C26H22BrCl2N3O6. The van der Waals surface area contributed by atoms with E-state index in [1.54, 1.807) is 48.5 Å². The van der Waals surface area contributed by atoms with Gasteiger partial charge >= 0.3 is 0 Å².